The number of anilines is 1. The Bertz CT molecular complexity index is 1280. The van der Waals surface area contributed by atoms with Crippen LogP contribution in [0.5, 0.6) is 5.75 Å². The first kappa shape index (κ1) is 28.9. The van der Waals surface area contributed by atoms with Crippen LogP contribution in [0.2, 0.25) is 5.02 Å². The molecule has 11 nitrogen and oxygen atoms in total. The van der Waals surface area contributed by atoms with Gasteiger partial charge >= 0.3 is 0 Å². The minimum Gasteiger partial charge on any atom is -0.487 e. The van der Waals surface area contributed by atoms with E-state index in [1.807, 2.05) is 32.0 Å². The molecule has 1 aliphatic heterocycles. The molecule has 0 spiro atoms. The molecule has 0 aromatic heterocycles. The zero-order valence-corrected chi connectivity index (χ0v) is 22.3. The average molecular weight is 539 g/mol. The zero-order valence-electron chi connectivity index (χ0n) is 20.8. The number of benzene rings is 2. The maximum atomic E-state index is 12.1. The van der Waals surface area contributed by atoms with Crippen molar-refractivity contribution >= 4 is 45.2 Å². The lowest BCUT2D eigenvalue weighted by molar-refractivity contribution is 0.0827. The number of carbonyl (C=O) groups excluding carboxylic acids is 1. The number of hydrogen-bond acceptors (Lipinski definition) is 9. The Balaban J connectivity index is 0.000000678. The number of aliphatic imine (C=N–C) groups is 2. The summed E-state index contributed by atoms with van der Waals surface area (Å²) in [4.78, 5) is 23.8. The highest BCUT2D eigenvalue weighted by molar-refractivity contribution is 7.85. The van der Waals surface area contributed by atoms with Gasteiger partial charge in [-0.1, -0.05) is 23.7 Å². The second-order valence-electron chi connectivity index (χ2n) is 8.44. The van der Waals surface area contributed by atoms with E-state index in [4.69, 9.17) is 32.4 Å². The maximum absolute atomic E-state index is 12.1. The zero-order chi connectivity index (χ0) is 27.3. The monoisotopic (exact) mass is 538 g/mol. The highest BCUT2D eigenvalue weighted by Gasteiger charge is 2.33. The number of halogens is 1. The molecule has 13 heteroatoms. The van der Waals surface area contributed by atoms with Crippen LogP contribution >= 0.6 is 11.6 Å². The molecule has 2 aromatic rings. The van der Waals surface area contributed by atoms with Crippen LogP contribution in [0, 0.1) is 0 Å². The van der Waals surface area contributed by atoms with Gasteiger partial charge in [-0.05, 0) is 56.7 Å². The fourth-order valence-corrected chi connectivity index (χ4v) is 3.44. The lowest BCUT2D eigenvalue weighted by Crippen LogP contribution is -2.54. The van der Waals surface area contributed by atoms with E-state index in [1.165, 1.54) is 11.8 Å². The van der Waals surface area contributed by atoms with Gasteiger partial charge in [-0.15, -0.1) is 0 Å². The van der Waals surface area contributed by atoms with E-state index in [2.05, 4.69) is 9.98 Å². The molecule has 0 saturated carbocycles. The van der Waals surface area contributed by atoms with E-state index >= 15 is 0 Å². The van der Waals surface area contributed by atoms with E-state index < -0.39 is 15.8 Å². The van der Waals surface area contributed by atoms with Crippen molar-refractivity contribution in [3.63, 3.8) is 0 Å². The molecule has 36 heavy (non-hydrogen) atoms. The summed E-state index contributed by atoms with van der Waals surface area (Å²) in [5, 5.41) is 0.416. The van der Waals surface area contributed by atoms with Gasteiger partial charge in [0.2, 0.25) is 11.9 Å². The quantitative estimate of drug-likeness (QED) is 0.472. The Hall–Kier alpha value is -3.35. The number of guanidine groups is 2. The molecule has 0 bridgehead atoms. The van der Waals surface area contributed by atoms with Gasteiger partial charge in [0.15, 0.2) is 0 Å². The van der Waals surface area contributed by atoms with Crippen LogP contribution in [0.4, 0.5) is 5.69 Å². The van der Waals surface area contributed by atoms with Gasteiger partial charge in [-0.3, -0.25) is 14.2 Å². The molecule has 1 amide bonds. The first-order chi connectivity index (χ1) is 16.6. The van der Waals surface area contributed by atoms with Crippen LogP contribution in [0.3, 0.4) is 0 Å². The van der Waals surface area contributed by atoms with Crippen molar-refractivity contribution in [3.05, 3.63) is 58.6 Å². The Morgan fingerprint density at radius 1 is 1.19 bits per heavy atom. The first-order valence-electron chi connectivity index (χ1n) is 10.8. The molecule has 5 N–H and O–H groups in total. The third kappa shape index (κ3) is 7.83. The molecular weight excluding hydrogens is 508 g/mol. The topological polar surface area (TPSA) is 164 Å². The van der Waals surface area contributed by atoms with Crippen molar-refractivity contribution < 1.29 is 22.5 Å². The fraction of sp³-hybridized carbons (Fsp3) is 0.348. The largest absolute Gasteiger partial charge is 0.487 e. The number of hydrogen-bond donors (Lipinski definition) is 3. The van der Waals surface area contributed by atoms with Crippen LogP contribution in [0.25, 0.3) is 0 Å². The maximum Gasteiger partial charge on any atom is 0.264 e. The van der Waals surface area contributed by atoms with E-state index in [1.54, 1.807) is 43.3 Å². The predicted molar refractivity (Wildman–Crippen MR) is 142 cm³/mol. The molecule has 0 saturated heterocycles. The SMILES string of the molecule is CCS(=O)(=O)O.CN(C)C(=O)c1cccc(COc2ccc(N3C(N)=NC(N)=NC3(C)C)cc2Cl)c1. The summed E-state index contributed by atoms with van der Waals surface area (Å²) in [6.45, 7) is 5.39. The Labute approximate surface area is 216 Å². The molecule has 0 fully saturated rings. The molecule has 0 aliphatic carbocycles. The lowest BCUT2D eigenvalue weighted by Gasteiger charge is -2.38. The Kier molecular flexibility index (Phi) is 9.30. The highest BCUT2D eigenvalue weighted by Crippen LogP contribution is 2.34. The predicted octanol–water partition coefficient (Wildman–Crippen LogP) is 2.70. The summed E-state index contributed by atoms with van der Waals surface area (Å²) in [6, 6.07) is 12.6. The second kappa shape index (κ2) is 11.6. The summed E-state index contributed by atoms with van der Waals surface area (Å²) in [5.41, 5.74) is 13.3. The molecular formula is C23H31ClN6O5S. The molecule has 2 aromatic carbocycles. The van der Waals surface area contributed by atoms with Gasteiger partial charge in [0.25, 0.3) is 16.0 Å². The number of ether oxygens (including phenoxy) is 1. The number of nitrogens with zero attached hydrogens (tertiary/aromatic N) is 4. The molecule has 1 heterocycles. The molecule has 196 valence electrons. The normalized spacial score (nSPS) is 14.7. The van der Waals surface area contributed by atoms with Crippen molar-refractivity contribution in [2.24, 2.45) is 21.5 Å². The Morgan fingerprint density at radius 2 is 1.83 bits per heavy atom. The van der Waals surface area contributed by atoms with Crippen LogP contribution in [-0.2, 0) is 16.7 Å². The van der Waals surface area contributed by atoms with Crippen molar-refractivity contribution in [2.75, 3.05) is 24.7 Å². The van der Waals surface area contributed by atoms with Crippen molar-refractivity contribution in [1.29, 1.82) is 0 Å². The smallest absolute Gasteiger partial charge is 0.264 e. The van der Waals surface area contributed by atoms with Gasteiger partial charge in [-0.25, -0.2) is 4.99 Å². The van der Waals surface area contributed by atoms with Crippen LogP contribution < -0.4 is 21.1 Å². The summed E-state index contributed by atoms with van der Waals surface area (Å²) >= 11 is 6.45. The average Bonchev–Trinajstić information content (AvgIpc) is 2.76. The number of amides is 1. The summed E-state index contributed by atoms with van der Waals surface area (Å²) in [7, 11) is -0.230. The molecule has 3 rings (SSSR count). The highest BCUT2D eigenvalue weighted by atomic mass is 35.5. The molecule has 0 radical (unpaired) electrons. The van der Waals surface area contributed by atoms with Crippen molar-refractivity contribution in [2.45, 2.75) is 33.0 Å². The van der Waals surface area contributed by atoms with E-state index in [9.17, 15) is 13.2 Å². The minimum absolute atomic E-state index is 0.0640. The minimum atomic E-state index is -3.66. The van der Waals surface area contributed by atoms with Gasteiger partial charge in [0.05, 0.1) is 10.8 Å². The van der Waals surface area contributed by atoms with Gasteiger partial charge in [0, 0.05) is 25.3 Å². The summed E-state index contributed by atoms with van der Waals surface area (Å²) < 4.78 is 32.8. The molecule has 0 atom stereocenters. The molecule has 0 unspecified atom stereocenters. The third-order valence-electron chi connectivity index (χ3n) is 4.91. The standard InChI is InChI=1S/C21H25ClN6O2.C2H6O3S/c1-21(2)26-19(23)25-20(24)28(21)15-8-9-17(16(22)11-15)30-12-13-6-5-7-14(10-13)18(29)27(3)4;1-2-6(3,4)5/h5-11H,12H2,1-4H3,(H4,23,24,25,26);2H2,1H3,(H,3,4,5). The summed E-state index contributed by atoms with van der Waals surface area (Å²) in [6.07, 6.45) is 0. The van der Waals surface area contributed by atoms with E-state index in [0.29, 0.717) is 22.0 Å². The van der Waals surface area contributed by atoms with Gasteiger partial charge in [-0.2, -0.15) is 13.4 Å². The third-order valence-corrected chi connectivity index (χ3v) is 5.93. The summed E-state index contributed by atoms with van der Waals surface area (Å²) in [5.74, 6) is 0.617. The number of rotatable bonds is 6. The van der Waals surface area contributed by atoms with Gasteiger partial charge in [0.1, 0.15) is 18.0 Å². The van der Waals surface area contributed by atoms with Crippen LogP contribution in [-0.4, -0.2) is 61.2 Å². The van der Waals surface area contributed by atoms with E-state index in [0.717, 1.165) is 5.56 Å². The van der Waals surface area contributed by atoms with Crippen LogP contribution in [0.1, 0.15) is 36.7 Å². The number of carbonyl (C=O) groups is 1. The number of nitrogens with two attached hydrogens (primary N) is 2. The molecule has 1 aliphatic rings. The lowest BCUT2D eigenvalue weighted by atomic mass is 10.1. The first-order valence-corrected chi connectivity index (χ1v) is 12.8. The van der Waals surface area contributed by atoms with Crippen molar-refractivity contribution in [3.8, 4) is 5.75 Å². The van der Waals surface area contributed by atoms with Crippen molar-refractivity contribution in [1.82, 2.24) is 4.90 Å². The Morgan fingerprint density at radius 3 is 2.36 bits per heavy atom. The van der Waals surface area contributed by atoms with E-state index in [-0.39, 0.29) is 30.2 Å². The van der Waals surface area contributed by atoms with Crippen LogP contribution in [0.15, 0.2) is 52.4 Å². The van der Waals surface area contributed by atoms with Gasteiger partial charge < -0.3 is 21.1 Å². The fourth-order valence-electron chi connectivity index (χ4n) is 3.21. The second-order valence-corrected chi connectivity index (χ2v) is 10.6.